The number of H-pyrrole nitrogens is 1. The van der Waals surface area contributed by atoms with Crippen LogP contribution in [0.1, 0.15) is 11.9 Å². The van der Waals surface area contributed by atoms with E-state index < -0.39 is 56.5 Å². The second-order valence-electron chi connectivity index (χ2n) is 6.77. The van der Waals surface area contributed by atoms with Crippen molar-refractivity contribution in [3.63, 3.8) is 0 Å². The fourth-order valence-corrected chi connectivity index (χ4v) is 3.73. The second kappa shape index (κ2) is 9.23. The Morgan fingerprint density at radius 3 is 2.84 bits per heavy atom. The molecule has 1 aliphatic rings. The summed E-state index contributed by atoms with van der Waals surface area (Å²) in [6.45, 7) is -0.685. The molecule has 0 aromatic carbocycles. The van der Waals surface area contributed by atoms with Crippen molar-refractivity contribution in [1.82, 2.24) is 24.6 Å². The largest absolute Gasteiger partial charge is 0.432 e. The number of aliphatic hydroxyl groups is 2. The summed E-state index contributed by atoms with van der Waals surface area (Å²) in [5.74, 6) is -0.998. The molecule has 2 aromatic heterocycles. The molecule has 16 heteroatoms. The van der Waals surface area contributed by atoms with Crippen LogP contribution < -0.4 is 22.2 Å². The van der Waals surface area contributed by atoms with Gasteiger partial charge in [0.2, 0.25) is 5.91 Å². The van der Waals surface area contributed by atoms with Crippen molar-refractivity contribution in [1.29, 1.82) is 0 Å². The number of aromatic amines is 1. The van der Waals surface area contributed by atoms with Gasteiger partial charge in [-0.25, -0.2) is 14.3 Å². The first kappa shape index (κ1) is 23.0. The van der Waals surface area contributed by atoms with Gasteiger partial charge in [-0.15, -0.1) is 0 Å². The quantitative estimate of drug-likeness (QED) is 0.195. The maximum atomic E-state index is 12.2. The molecule has 9 N–H and O–H groups in total. The van der Waals surface area contributed by atoms with E-state index in [9.17, 15) is 29.3 Å². The zero-order valence-electron chi connectivity index (χ0n) is 15.9. The zero-order valence-corrected chi connectivity index (χ0v) is 16.8. The van der Waals surface area contributed by atoms with Crippen LogP contribution in [0.4, 0.5) is 5.82 Å². The van der Waals surface area contributed by atoms with Gasteiger partial charge in [-0.05, 0) is 6.07 Å². The molecule has 1 amide bonds. The summed E-state index contributed by atoms with van der Waals surface area (Å²) in [6, 6.07) is 0.131. The van der Waals surface area contributed by atoms with Crippen molar-refractivity contribution in [2.45, 2.75) is 37.0 Å². The molecule has 31 heavy (non-hydrogen) atoms. The summed E-state index contributed by atoms with van der Waals surface area (Å²) in [5.41, 5.74) is 10.8. The number of nitrogens with one attached hydrogen (secondary N) is 2. The summed E-state index contributed by atoms with van der Waals surface area (Å²) in [6.07, 6.45) is -1.66. The number of ether oxygens (including phenoxy) is 1. The molecular weight excluding hydrogens is 437 g/mol. The zero-order chi connectivity index (χ0) is 22.8. The monoisotopic (exact) mass is 459 g/mol. The van der Waals surface area contributed by atoms with Gasteiger partial charge >= 0.3 is 13.4 Å². The van der Waals surface area contributed by atoms with Crippen LogP contribution in [0.3, 0.4) is 0 Å². The number of aliphatic hydroxyl groups excluding tert-OH is 2. The lowest BCUT2D eigenvalue weighted by Crippen LogP contribution is -2.41. The van der Waals surface area contributed by atoms with E-state index in [1.165, 1.54) is 24.8 Å². The highest BCUT2D eigenvalue weighted by Gasteiger charge is 2.45. The van der Waals surface area contributed by atoms with Crippen molar-refractivity contribution >= 4 is 19.5 Å². The standard InChI is InChI=1S/C15H22N7O8P/c16-8(3-7-4-18-6-19-7)13(25)21-31(27,28)29-5-9-11(23)12(24)14(30-9)22-2-1-10(17)20-15(22)26/h1-2,4,6,8-9,11-12,14,23-24H,3,5,16H2,(H,18,19)(H2,17,20,26)(H2,21,25,27,28)/t8-,9+,11+,12+,14+/m0/s1. The third-order valence-corrected chi connectivity index (χ3v) is 5.46. The number of hydrogen-bond donors (Lipinski definition) is 7. The number of hydrogen-bond acceptors (Lipinski definition) is 11. The third kappa shape index (κ3) is 5.54. The number of nitrogen functional groups attached to an aromatic ring is 1. The number of rotatable bonds is 8. The Kier molecular flexibility index (Phi) is 6.86. The molecule has 0 aliphatic carbocycles. The molecule has 1 aliphatic heterocycles. The van der Waals surface area contributed by atoms with E-state index in [0.29, 0.717) is 5.69 Å². The highest BCUT2D eigenvalue weighted by molar-refractivity contribution is 7.51. The SMILES string of the molecule is Nc1ccn([C@@H]2O[C@H](COP(=O)(O)NC(=O)[C@@H](N)Cc3cnc[nH]3)[C@@H](O)[C@H]2O)c(=O)n1. The number of nitrogens with zero attached hydrogens (tertiary/aromatic N) is 3. The Labute approximate surface area is 174 Å². The molecule has 0 radical (unpaired) electrons. The van der Waals surface area contributed by atoms with Gasteiger partial charge in [0.15, 0.2) is 6.23 Å². The molecule has 1 unspecified atom stereocenters. The Balaban J connectivity index is 1.57. The van der Waals surface area contributed by atoms with E-state index in [4.69, 9.17) is 20.7 Å². The molecule has 1 fully saturated rings. The summed E-state index contributed by atoms with van der Waals surface area (Å²) in [7, 11) is -4.67. The lowest BCUT2D eigenvalue weighted by molar-refractivity contribution is -0.121. The minimum atomic E-state index is -4.67. The topological polar surface area (TPSA) is 241 Å². The van der Waals surface area contributed by atoms with Gasteiger partial charge in [-0.1, -0.05) is 0 Å². The average Bonchev–Trinajstić information content (AvgIpc) is 3.29. The summed E-state index contributed by atoms with van der Waals surface area (Å²) in [5, 5.41) is 22.1. The number of anilines is 1. The number of nitrogens with two attached hydrogens (primary N) is 2. The van der Waals surface area contributed by atoms with Crippen LogP contribution >= 0.6 is 7.75 Å². The lowest BCUT2D eigenvalue weighted by atomic mass is 10.1. The average molecular weight is 459 g/mol. The van der Waals surface area contributed by atoms with E-state index in [1.54, 1.807) is 5.09 Å². The van der Waals surface area contributed by atoms with Crippen LogP contribution in [0.15, 0.2) is 29.6 Å². The molecule has 2 aromatic rings. The molecule has 0 spiro atoms. The maximum absolute atomic E-state index is 12.2. The van der Waals surface area contributed by atoms with Crippen molar-refractivity contribution in [2.24, 2.45) is 5.73 Å². The van der Waals surface area contributed by atoms with Gasteiger partial charge in [0.25, 0.3) is 0 Å². The van der Waals surface area contributed by atoms with Crippen LogP contribution in [0, 0.1) is 0 Å². The number of carbonyl (C=O) groups excluding carboxylic acids is 1. The van der Waals surface area contributed by atoms with Crippen molar-refractivity contribution in [3.05, 3.63) is 41.0 Å². The first-order valence-corrected chi connectivity index (χ1v) is 10.5. The number of imidazole rings is 1. The van der Waals surface area contributed by atoms with E-state index in [-0.39, 0.29) is 12.2 Å². The molecule has 3 heterocycles. The van der Waals surface area contributed by atoms with E-state index in [2.05, 4.69) is 15.0 Å². The Hall–Kier alpha value is -2.65. The maximum Gasteiger partial charge on any atom is 0.432 e. The number of amides is 1. The first-order valence-electron chi connectivity index (χ1n) is 8.96. The fraction of sp³-hybridized carbons (Fsp3) is 0.467. The smallest absolute Gasteiger partial charge is 0.387 e. The van der Waals surface area contributed by atoms with Crippen LogP contribution in [-0.2, 0) is 25.0 Å². The predicted octanol–water partition coefficient (Wildman–Crippen LogP) is -3.03. The third-order valence-electron chi connectivity index (χ3n) is 4.46. The van der Waals surface area contributed by atoms with Crippen molar-refractivity contribution in [3.8, 4) is 0 Å². The first-order chi connectivity index (χ1) is 14.6. The summed E-state index contributed by atoms with van der Waals surface area (Å²) in [4.78, 5) is 43.8. The molecule has 6 atom stereocenters. The molecule has 1 saturated heterocycles. The van der Waals surface area contributed by atoms with Gasteiger partial charge in [-0.3, -0.25) is 19.0 Å². The molecule has 3 rings (SSSR count). The molecule has 170 valence electrons. The van der Waals surface area contributed by atoms with Gasteiger partial charge in [0.05, 0.1) is 19.0 Å². The van der Waals surface area contributed by atoms with Crippen LogP contribution in [-0.4, -0.2) is 71.5 Å². The van der Waals surface area contributed by atoms with Crippen LogP contribution in [0.2, 0.25) is 0 Å². The fourth-order valence-electron chi connectivity index (χ4n) is 2.87. The van der Waals surface area contributed by atoms with Gasteiger partial charge in [0, 0.05) is 24.5 Å². The predicted molar refractivity (Wildman–Crippen MR) is 103 cm³/mol. The van der Waals surface area contributed by atoms with Gasteiger partial charge in [-0.2, -0.15) is 4.98 Å². The number of aromatic nitrogens is 4. The molecule has 0 saturated carbocycles. The van der Waals surface area contributed by atoms with Crippen molar-refractivity contribution in [2.75, 3.05) is 12.3 Å². The normalized spacial score (nSPS) is 26.3. The highest BCUT2D eigenvalue weighted by Crippen LogP contribution is 2.39. The molecule has 15 nitrogen and oxygen atoms in total. The van der Waals surface area contributed by atoms with E-state index in [0.717, 1.165) is 4.57 Å². The van der Waals surface area contributed by atoms with E-state index in [1.807, 2.05) is 0 Å². The molecule has 0 bridgehead atoms. The van der Waals surface area contributed by atoms with Gasteiger partial charge < -0.3 is 36.3 Å². The molecular formula is C15H22N7O8P. The van der Waals surface area contributed by atoms with Crippen LogP contribution in [0.25, 0.3) is 0 Å². The van der Waals surface area contributed by atoms with Crippen LogP contribution in [0.5, 0.6) is 0 Å². The Morgan fingerprint density at radius 1 is 1.45 bits per heavy atom. The van der Waals surface area contributed by atoms with Crippen molar-refractivity contribution < 1.29 is 33.7 Å². The highest BCUT2D eigenvalue weighted by atomic mass is 31.2. The number of carbonyl (C=O) groups is 1. The second-order valence-corrected chi connectivity index (χ2v) is 8.29. The Morgan fingerprint density at radius 2 is 2.19 bits per heavy atom. The lowest BCUT2D eigenvalue weighted by Gasteiger charge is -2.19. The summed E-state index contributed by atoms with van der Waals surface area (Å²) < 4.78 is 23.3. The minimum absolute atomic E-state index is 0.0362. The van der Waals surface area contributed by atoms with E-state index >= 15 is 0 Å². The summed E-state index contributed by atoms with van der Waals surface area (Å²) >= 11 is 0. The Bertz CT molecular complexity index is 1020. The minimum Gasteiger partial charge on any atom is -0.387 e. The van der Waals surface area contributed by atoms with Gasteiger partial charge in [0.1, 0.15) is 24.1 Å².